The van der Waals surface area contributed by atoms with Crippen LogP contribution in [0, 0.1) is 13.8 Å². The topological polar surface area (TPSA) is 68.4 Å². The van der Waals surface area contributed by atoms with E-state index >= 15 is 0 Å². The highest BCUT2D eigenvalue weighted by atomic mass is 16.5. The van der Waals surface area contributed by atoms with Crippen LogP contribution >= 0.6 is 0 Å². The van der Waals surface area contributed by atoms with E-state index in [4.69, 9.17) is 10.5 Å². The summed E-state index contributed by atoms with van der Waals surface area (Å²) in [6, 6.07) is 7.34. The number of nitrogens with two attached hydrogens (primary N) is 1. The molecular formula is C16H20N2O2. The summed E-state index contributed by atoms with van der Waals surface area (Å²) in [4.78, 5) is 4.40. The van der Waals surface area contributed by atoms with E-state index < -0.39 is 6.10 Å². The van der Waals surface area contributed by atoms with Gasteiger partial charge in [-0.25, -0.2) is 0 Å². The molecule has 0 aliphatic heterocycles. The Morgan fingerprint density at radius 2 is 2.00 bits per heavy atom. The van der Waals surface area contributed by atoms with Gasteiger partial charge in [-0.3, -0.25) is 4.98 Å². The number of aliphatic hydroxyl groups is 1. The second-order valence-corrected chi connectivity index (χ2v) is 4.89. The molecule has 0 bridgehead atoms. The summed E-state index contributed by atoms with van der Waals surface area (Å²) in [6.45, 7) is 3.91. The van der Waals surface area contributed by atoms with Crippen molar-refractivity contribution in [1.82, 2.24) is 4.98 Å². The molecule has 0 fully saturated rings. The van der Waals surface area contributed by atoms with Gasteiger partial charge in [-0.2, -0.15) is 0 Å². The normalized spacial score (nSPS) is 12.2. The fourth-order valence-electron chi connectivity index (χ4n) is 2.38. The maximum atomic E-state index is 10.4. The van der Waals surface area contributed by atoms with Gasteiger partial charge in [-0.05, 0) is 19.9 Å². The molecule has 1 atom stereocenters. The predicted octanol–water partition coefficient (Wildman–Crippen LogP) is 2.57. The van der Waals surface area contributed by atoms with Gasteiger partial charge in [0.2, 0.25) is 0 Å². The van der Waals surface area contributed by atoms with E-state index in [2.05, 4.69) is 4.98 Å². The number of hydrogen-bond donors (Lipinski definition) is 2. The molecule has 20 heavy (non-hydrogen) atoms. The Balaban J connectivity index is 2.29. The lowest BCUT2D eigenvalue weighted by Gasteiger charge is -2.16. The van der Waals surface area contributed by atoms with Crippen LogP contribution in [0.25, 0.3) is 0 Å². The van der Waals surface area contributed by atoms with Gasteiger partial charge in [0.25, 0.3) is 0 Å². The zero-order valence-electron chi connectivity index (χ0n) is 12.1. The van der Waals surface area contributed by atoms with Crippen LogP contribution in [0.1, 0.15) is 28.5 Å². The number of aromatic nitrogens is 1. The first-order valence-electron chi connectivity index (χ1n) is 6.56. The number of pyridine rings is 1. The first-order chi connectivity index (χ1) is 9.54. The smallest absolute Gasteiger partial charge is 0.128 e. The largest absolute Gasteiger partial charge is 0.496 e. The number of benzene rings is 1. The number of anilines is 1. The number of hydrogen-bond acceptors (Lipinski definition) is 4. The highest BCUT2D eigenvalue weighted by molar-refractivity contribution is 5.48. The molecule has 0 aliphatic carbocycles. The molecule has 2 rings (SSSR count). The van der Waals surface area contributed by atoms with Crippen LogP contribution in [0.5, 0.6) is 5.75 Å². The summed E-state index contributed by atoms with van der Waals surface area (Å²) in [5.74, 6) is 0.822. The van der Waals surface area contributed by atoms with Gasteiger partial charge in [0.15, 0.2) is 0 Å². The Labute approximate surface area is 119 Å². The first-order valence-corrected chi connectivity index (χ1v) is 6.56. The van der Waals surface area contributed by atoms with E-state index in [1.165, 1.54) is 0 Å². The van der Waals surface area contributed by atoms with Crippen molar-refractivity contribution in [3.8, 4) is 5.75 Å². The summed E-state index contributed by atoms with van der Waals surface area (Å²) in [6.07, 6.45) is 1.51. The maximum Gasteiger partial charge on any atom is 0.128 e. The van der Waals surface area contributed by atoms with Gasteiger partial charge in [0.1, 0.15) is 5.75 Å². The average molecular weight is 272 g/mol. The number of methoxy groups -OCH3 is 1. The minimum atomic E-state index is -0.671. The minimum absolute atomic E-state index is 0.413. The van der Waals surface area contributed by atoms with E-state index in [0.29, 0.717) is 12.1 Å². The number of aliphatic hydroxyl groups excluding tert-OH is 1. The molecule has 4 nitrogen and oxygen atoms in total. The lowest BCUT2D eigenvalue weighted by molar-refractivity contribution is 0.177. The molecule has 0 radical (unpaired) electrons. The van der Waals surface area contributed by atoms with Crippen LogP contribution in [0.4, 0.5) is 5.69 Å². The Morgan fingerprint density at radius 1 is 1.30 bits per heavy atom. The van der Waals surface area contributed by atoms with Gasteiger partial charge >= 0.3 is 0 Å². The zero-order valence-corrected chi connectivity index (χ0v) is 12.1. The van der Waals surface area contributed by atoms with Crippen molar-refractivity contribution in [3.63, 3.8) is 0 Å². The van der Waals surface area contributed by atoms with E-state index in [1.807, 2.05) is 32.0 Å². The monoisotopic (exact) mass is 272 g/mol. The molecule has 1 heterocycles. The van der Waals surface area contributed by atoms with Crippen LogP contribution in [0.15, 0.2) is 30.5 Å². The fraction of sp³-hybridized carbons (Fsp3) is 0.312. The van der Waals surface area contributed by atoms with Crippen molar-refractivity contribution in [2.24, 2.45) is 0 Å². The Hall–Kier alpha value is -2.07. The number of rotatable bonds is 4. The third kappa shape index (κ3) is 2.75. The molecule has 0 aliphatic rings. The van der Waals surface area contributed by atoms with Crippen LogP contribution < -0.4 is 10.5 Å². The number of nitrogens with zero attached hydrogens (tertiary/aromatic N) is 1. The lowest BCUT2D eigenvalue weighted by atomic mass is 10.00. The van der Waals surface area contributed by atoms with Crippen LogP contribution in [0.2, 0.25) is 0 Å². The van der Waals surface area contributed by atoms with Crippen molar-refractivity contribution < 1.29 is 9.84 Å². The van der Waals surface area contributed by atoms with E-state index in [0.717, 1.165) is 28.1 Å². The quantitative estimate of drug-likeness (QED) is 0.839. The van der Waals surface area contributed by atoms with Crippen LogP contribution in [0.3, 0.4) is 0 Å². The first kappa shape index (κ1) is 14.3. The lowest BCUT2D eigenvalue weighted by Crippen LogP contribution is -2.08. The van der Waals surface area contributed by atoms with Gasteiger partial charge in [0.05, 0.1) is 13.2 Å². The number of ether oxygens (including phenoxy) is 1. The van der Waals surface area contributed by atoms with Crippen LogP contribution in [-0.4, -0.2) is 17.2 Å². The second-order valence-electron chi connectivity index (χ2n) is 4.89. The molecular weight excluding hydrogens is 252 g/mol. The molecule has 0 saturated carbocycles. The van der Waals surface area contributed by atoms with E-state index in [9.17, 15) is 5.11 Å². The SMILES string of the molecule is COc1c(C)cnc(CC(O)c2ccccc2N)c1C. The van der Waals surface area contributed by atoms with Crippen molar-refractivity contribution >= 4 is 5.69 Å². The third-order valence-electron chi connectivity index (χ3n) is 3.49. The molecule has 106 valence electrons. The maximum absolute atomic E-state index is 10.4. The van der Waals surface area contributed by atoms with Crippen molar-refractivity contribution in [2.75, 3.05) is 12.8 Å². The van der Waals surface area contributed by atoms with Gasteiger partial charge in [0, 0.05) is 40.7 Å². The van der Waals surface area contributed by atoms with Crippen molar-refractivity contribution in [1.29, 1.82) is 0 Å². The zero-order chi connectivity index (χ0) is 14.7. The molecule has 4 heteroatoms. The number of nitrogen functional groups attached to an aromatic ring is 1. The molecule has 0 spiro atoms. The molecule has 1 unspecified atom stereocenters. The highest BCUT2D eigenvalue weighted by Gasteiger charge is 2.16. The van der Waals surface area contributed by atoms with Gasteiger partial charge in [-0.15, -0.1) is 0 Å². The van der Waals surface area contributed by atoms with Crippen LogP contribution in [-0.2, 0) is 6.42 Å². The average Bonchev–Trinajstić information content (AvgIpc) is 2.43. The summed E-state index contributed by atoms with van der Waals surface area (Å²) >= 11 is 0. The molecule has 0 amide bonds. The Morgan fingerprint density at radius 3 is 2.65 bits per heavy atom. The summed E-state index contributed by atoms with van der Waals surface area (Å²) in [5, 5.41) is 10.4. The Kier molecular flexibility index (Phi) is 4.25. The van der Waals surface area contributed by atoms with Gasteiger partial charge in [-0.1, -0.05) is 18.2 Å². The molecule has 1 aromatic carbocycles. The summed E-state index contributed by atoms with van der Waals surface area (Å²) < 4.78 is 5.38. The summed E-state index contributed by atoms with van der Waals surface area (Å²) in [5.41, 5.74) is 9.98. The molecule has 0 saturated heterocycles. The van der Waals surface area contributed by atoms with Crippen molar-refractivity contribution in [2.45, 2.75) is 26.4 Å². The molecule has 3 N–H and O–H groups in total. The second kappa shape index (κ2) is 5.92. The Bertz CT molecular complexity index is 611. The number of aryl methyl sites for hydroxylation is 1. The predicted molar refractivity (Wildman–Crippen MR) is 79.8 cm³/mol. The third-order valence-corrected chi connectivity index (χ3v) is 3.49. The van der Waals surface area contributed by atoms with Crippen molar-refractivity contribution in [3.05, 3.63) is 52.8 Å². The van der Waals surface area contributed by atoms with E-state index in [-0.39, 0.29) is 0 Å². The number of para-hydroxylation sites is 1. The standard InChI is InChI=1S/C16H20N2O2/c1-10-9-18-14(11(2)16(10)20-3)8-15(19)12-6-4-5-7-13(12)17/h4-7,9,15,19H,8,17H2,1-3H3. The fourth-order valence-corrected chi connectivity index (χ4v) is 2.38. The highest BCUT2D eigenvalue weighted by Crippen LogP contribution is 2.28. The van der Waals surface area contributed by atoms with Gasteiger partial charge < -0.3 is 15.6 Å². The minimum Gasteiger partial charge on any atom is -0.496 e. The summed E-state index contributed by atoms with van der Waals surface area (Å²) in [7, 11) is 1.64. The molecule has 1 aromatic heterocycles. The van der Waals surface area contributed by atoms with E-state index in [1.54, 1.807) is 19.4 Å². The molecule has 2 aromatic rings.